The molecule has 0 aromatic carbocycles. The fraction of sp³-hybridized carbons (Fsp3) is 0.875. The summed E-state index contributed by atoms with van der Waals surface area (Å²) in [7, 11) is 0. The average Bonchev–Trinajstić information content (AvgIpc) is 2.13. The number of nitrogens with one attached hydrogen (secondary N) is 2. The van der Waals surface area contributed by atoms with Crippen molar-refractivity contribution in [3.8, 4) is 0 Å². The monoisotopic (exact) mass is 204 g/mol. The lowest BCUT2D eigenvalue weighted by Gasteiger charge is -2.37. The van der Waals surface area contributed by atoms with E-state index >= 15 is 0 Å². The van der Waals surface area contributed by atoms with Gasteiger partial charge in [0.2, 0.25) is 5.91 Å². The number of hydrogen-bond donors (Lipinski definition) is 5. The van der Waals surface area contributed by atoms with Crippen LogP contribution in [0.4, 0.5) is 0 Å². The first-order valence-corrected chi connectivity index (χ1v) is 4.53. The minimum atomic E-state index is -1.06. The van der Waals surface area contributed by atoms with Gasteiger partial charge in [0, 0.05) is 13.5 Å². The SMILES string of the molecule is CC(=O)N[C@@H]1CNC(CO)C(O)C1O. The number of carbonyl (C=O) groups is 1. The van der Waals surface area contributed by atoms with Crippen LogP contribution in [0.3, 0.4) is 0 Å². The number of rotatable bonds is 2. The molecule has 1 heterocycles. The second-order valence-corrected chi connectivity index (χ2v) is 3.49. The van der Waals surface area contributed by atoms with Crippen LogP contribution in [-0.4, -0.2) is 58.7 Å². The standard InChI is InChI=1S/C8H16N2O4/c1-4(12)10-5-2-9-6(3-11)8(14)7(5)13/h5-9,11,13-14H,2-3H2,1H3,(H,10,12)/t5-,6?,7?,8?/m1/s1. The Morgan fingerprint density at radius 2 is 2.14 bits per heavy atom. The predicted molar refractivity (Wildman–Crippen MR) is 48.5 cm³/mol. The molecule has 1 aliphatic heterocycles. The van der Waals surface area contributed by atoms with E-state index in [2.05, 4.69) is 10.6 Å². The molecular weight excluding hydrogens is 188 g/mol. The molecule has 1 aliphatic rings. The van der Waals surface area contributed by atoms with E-state index in [-0.39, 0.29) is 12.5 Å². The minimum absolute atomic E-state index is 0.245. The van der Waals surface area contributed by atoms with E-state index in [1.54, 1.807) is 0 Å². The van der Waals surface area contributed by atoms with Crippen LogP contribution in [0.15, 0.2) is 0 Å². The van der Waals surface area contributed by atoms with Gasteiger partial charge in [-0.05, 0) is 0 Å². The third-order valence-electron chi connectivity index (χ3n) is 2.36. The minimum Gasteiger partial charge on any atom is -0.395 e. The summed E-state index contributed by atoms with van der Waals surface area (Å²) in [6.07, 6.45) is -2.11. The molecule has 82 valence electrons. The Hall–Kier alpha value is -0.690. The summed E-state index contributed by atoms with van der Waals surface area (Å²) in [5, 5.41) is 33.2. The van der Waals surface area contributed by atoms with Crippen molar-refractivity contribution in [3.63, 3.8) is 0 Å². The molecule has 6 nitrogen and oxygen atoms in total. The molecule has 0 aromatic heterocycles. The Morgan fingerprint density at radius 3 is 2.64 bits per heavy atom. The highest BCUT2D eigenvalue weighted by Gasteiger charge is 2.36. The van der Waals surface area contributed by atoms with Crippen molar-refractivity contribution in [2.45, 2.75) is 31.2 Å². The molecule has 0 spiro atoms. The van der Waals surface area contributed by atoms with Crippen LogP contribution in [0.5, 0.6) is 0 Å². The summed E-state index contributed by atoms with van der Waals surface area (Å²) in [6, 6.07) is -1.04. The van der Waals surface area contributed by atoms with Gasteiger partial charge in [0.05, 0.1) is 24.8 Å². The normalized spacial score (nSPS) is 38.0. The van der Waals surface area contributed by atoms with E-state index in [0.717, 1.165) is 0 Å². The quantitative estimate of drug-likeness (QED) is 0.334. The molecule has 4 atom stereocenters. The van der Waals surface area contributed by atoms with Gasteiger partial charge in [-0.15, -0.1) is 0 Å². The molecular formula is C8H16N2O4. The van der Waals surface area contributed by atoms with Gasteiger partial charge in [-0.25, -0.2) is 0 Å². The number of aliphatic hydroxyl groups is 3. The number of piperidine rings is 1. The maximum absolute atomic E-state index is 10.7. The molecule has 0 aromatic rings. The maximum atomic E-state index is 10.7. The predicted octanol–water partition coefficient (Wildman–Crippen LogP) is -2.82. The molecule has 14 heavy (non-hydrogen) atoms. The van der Waals surface area contributed by atoms with E-state index in [1.807, 2.05) is 0 Å². The maximum Gasteiger partial charge on any atom is 0.217 e. The number of amides is 1. The summed E-state index contributed by atoms with van der Waals surface area (Å²) in [5.41, 5.74) is 0. The second kappa shape index (κ2) is 4.70. The lowest BCUT2D eigenvalue weighted by molar-refractivity contribution is -0.122. The van der Waals surface area contributed by atoms with Crippen LogP contribution in [0.1, 0.15) is 6.92 Å². The second-order valence-electron chi connectivity index (χ2n) is 3.49. The lowest BCUT2D eigenvalue weighted by Crippen LogP contribution is -2.65. The summed E-state index contributed by atoms with van der Waals surface area (Å²) >= 11 is 0. The molecule has 1 fully saturated rings. The zero-order chi connectivity index (χ0) is 10.7. The first-order chi connectivity index (χ1) is 6.56. The van der Waals surface area contributed by atoms with E-state index in [4.69, 9.17) is 5.11 Å². The van der Waals surface area contributed by atoms with E-state index < -0.39 is 24.3 Å². The summed E-state index contributed by atoms with van der Waals surface area (Å²) in [6.45, 7) is 1.44. The molecule has 6 heteroatoms. The van der Waals surface area contributed by atoms with Gasteiger partial charge in [-0.1, -0.05) is 0 Å². The van der Waals surface area contributed by atoms with Crippen molar-refractivity contribution in [2.24, 2.45) is 0 Å². The lowest BCUT2D eigenvalue weighted by atomic mass is 9.94. The molecule has 0 saturated carbocycles. The fourth-order valence-corrected chi connectivity index (χ4v) is 1.57. The molecule has 1 saturated heterocycles. The molecule has 1 amide bonds. The van der Waals surface area contributed by atoms with Crippen molar-refractivity contribution >= 4 is 5.91 Å². The van der Waals surface area contributed by atoms with Gasteiger partial charge in [0.25, 0.3) is 0 Å². The summed E-state index contributed by atoms with van der Waals surface area (Å²) in [5.74, 6) is -0.259. The van der Waals surface area contributed by atoms with Crippen molar-refractivity contribution < 1.29 is 20.1 Å². The van der Waals surface area contributed by atoms with Gasteiger partial charge in [0.1, 0.15) is 6.10 Å². The third kappa shape index (κ3) is 2.42. The molecule has 1 rings (SSSR count). The van der Waals surface area contributed by atoms with Crippen LogP contribution in [-0.2, 0) is 4.79 Å². The molecule has 5 N–H and O–H groups in total. The zero-order valence-corrected chi connectivity index (χ0v) is 7.97. The van der Waals surface area contributed by atoms with Gasteiger partial charge in [-0.3, -0.25) is 4.79 Å². The highest BCUT2D eigenvalue weighted by Crippen LogP contribution is 2.10. The van der Waals surface area contributed by atoms with Crippen LogP contribution < -0.4 is 10.6 Å². The number of carbonyl (C=O) groups excluding carboxylic acids is 1. The largest absolute Gasteiger partial charge is 0.395 e. The van der Waals surface area contributed by atoms with Crippen molar-refractivity contribution in [1.29, 1.82) is 0 Å². The van der Waals surface area contributed by atoms with E-state index in [9.17, 15) is 15.0 Å². The number of hydrogen-bond acceptors (Lipinski definition) is 5. The Bertz CT molecular complexity index is 212. The van der Waals surface area contributed by atoms with E-state index in [1.165, 1.54) is 6.92 Å². The van der Waals surface area contributed by atoms with Crippen LogP contribution in [0.25, 0.3) is 0 Å². The van der Waals surface area contributed by atoms with Gasteiger partial charge in [-0.2, -0.15) is 0 Å². The van der Waals surface area contributed by atoms with Crippen LogP contribution in [0, 0.1) is 0 Å². The molecule has 0 bridgehead atoms. The number of aliphatic hydroxyl groups excluding tert-OH is 3. The Morgan fingerprint density at radius 1 is 1.50 bits per heavy atom. The highest BCUT2D eigenvalue weighted by molar-refractivity contribution is 5.73. The highest BCUT2D eigenvalue weighted by atomic mass is 16.3. The summed E-state index contributed by atoms with van der Waals surface area (Å²) < 4.78 is 0. The summed E-state index contributed by atoms with van der Waals surface area (Å²) in [4.78, 5) is 10.7. The topological polar surface area (TPSA) is 102 Å². The first kappa shape index (κ1) is 11.4. The van der Waals surface area contributed by atoms with Crippen LogP contribution >= 0.6 is 0 Å². The first-order valence-electron chi connectivity index (χ1n) is 4.53. The van der Waals surface area contributed by atoms with Crippen molar-refractivity contribution in [1.82, 2.24) is 10.6 Å². The van der Waals surface area contributed by atoms with E-state index in [0.29, 0.717) is 6.54 Å². The zero-order valence-electron chi connectivity index (χ0n) is 7.97. The molecule has 3 unspecified atom stereocenters. The molecule has 0 aliphatic carbocycles. The van der Waals surface area contributed by atoms with Crippen LogP contribution in [0.2, 0.25) is 0 Å². The van der Waals surface area contributed by atoms with Gasteiger partial charge in [0.15, 0.2) is 0 Å². The smallest absolute Gasteiger partial charge is 0.217 e. The average molecular weight is 204 g/mol. The van der Waals surface area contributed by atoms with Crippen molar-refractivity contribution in [3.05, 3.63) is 0 Å². The van der Waals surface area contributed by atoms with Gasteiger partial charge >= 0.3 is 0 Å². The Balaban J connectivity index is 2.54. The third-order valence-corrected chi connectivity index (χ3v) is 2.36. The van der Waals surface area contributed by atoms with Crippen molar-refractivity contribution in [2.75, 3.05) is 13.2 Å². The molecule has 0 radical (unpaired) electrons. The Labute approximate surface area is 81.9 Å². The Kier molecular flexibility index (Phi) is 3.82. The fourth-order valence-electron chi connectivity index (χ4n) is 1.57. The van der Waals surface area contributed by atoms with Gasteiger partial charge < -0.3 is 26.0 Å².